The van der Waals surface area contributed by atoms with Crippen molar-refractivity contribution in [1.29, 1.82) is 0 Å². The van der Waals surface area contributed by atoms with Crippen molar-refractivity contribution >= 4 is 27.7 Å². The highest BCUT2D eigenvalue weighted by molar-refractivity contribution is 9.10. The van der Waals surface area contributed by atoms with Gasteiger partial charge in [0, 0.05) is 23.8 Å². The fourth-order valence-electron chi connectivity index (χ4n) is 2.47. The molecule has 1 aliphatic heterocycles. The first-order valence-corrected chi connectivity index (χ1v) is 7.60. The Morgan fingerprint density at radius 1 is 1.62 bits per heavy atom. The minimum atomic E-state index is -0.373. The summed E-state index contributed by atoms with van der Waals surface area (Å²) in [6.45, 7) is 5.30. The lowest BCUT2D eigenvalue weighted by molar-refractivity contribution is -0.151. The summed E-state index contributed by atoms with van der Waals surface area (Å²) in [5.41, 5.74) is -0.373. The second-order valence-corrected chi connectivity index (χ2v) is 6.68. The molecule has 0 aliphatic carbocycles. The number of nitrogens with zero attached hydrogens (tertiary/aromatic N) is 2. The number of aromatic nitrogens is 1. The predicted octanol–water partition coefficient (Wildman–Crippen LogP) is 1.25. The maximum absolute atomic E-state index is 12.1. The number of carbonyl (C=O) groups is 1. The molecule has 116 valence electrons. The lowest BCUT2D eigenvalue weighted by atomic mass is 10.1. The van der Waals surface area contributed by atoms with E-state index in [1.165, 1.54) is 0 Å². The zero-order valence-electron chi connectivity index (χ0n) is 12.2. The summed E-state index contributed by atoms with van der Waals surface area (Å²) in [6.07, 6.45) is 1.38. The minimum Gasteiger partial charge on any atom is -0.394 e. The molecule has 0 spiro atoms. The van der Waals surface area contributed by atoms with Gasteiger partial charge in [0.25, 0.3) is 0 Å². The number of nitrogens with one attached hydrogen (secondary N) is 1. The van der Waals surface area contributed by atoms with Crippen molar-refractivity contribution in [1.82, 2.24) is 9.88 Å². The van der Waals surface area contributed by atoms with E-state index >= 15 is 0 Å². The predicted molar refractivity (Wildman–Crippen MR) is 83.0 cm³/mol. The summed E-state index contributed by atoms with van der Waals surface area (Å²) >= 11 is 3.30. The summed E-state index contributed by atoms with van der Waals surface area (Å²) in [5, 5.41) is 12.0. The van der Waals surface area contributed by atoms with E-state index in [4.69, 9.17) is 4.74 Å². The topological polar surface area (TPSA) is 74.7 Å². The van der Waals surface area contributed by atoms with E-state index < -0.39 is 0 Å². The SMILES string of the molecule is CC1(C)CN(CC(=O)Nc2ccc(Br)cn2)CC(CO)O1. The number of amides is 1. The second kappa shape index (κ2) is 6.83. The average Bonchev–Trinajstić information content (AvgIpc) is 2.39. The Bertz CT molecular complexity index is 493. The summed E-state index contributed by atoms with van der Waals surface area (Å²) < 4.78 is 6.59. The third-order valence-electron chi connectivity index (χ3n) is 3.12. The smallest absolute Gasteiger partial charge is 0.239 e. The first-order valence-electron chi connectivity index (χ1n) is 6.80. The van der Waals surface area contributed by atoms with Gasteiger partial charge in [0.2, 0.25) is 5.91 Å². The third-order valence-corrected chi connectivity index (χ3v) is 3.59. The molecule has 7 heteroatoms. The molecule has 1 aromatic heterocycles. The largest absolute Gasteiger partial charge is 0.394 e. The van der Waals surface area contributed by atoms with Crippen LogP contribution in [0.5, 0.6) is 0 Å². The molecule has 2 N–H and O–H groups in total. The molecule has 1 aliphatic rings. The number of hydrogen-bond donors (Lipinski definition) is 2. The average molecular weight is 358 g/mol. The van der Waals surface area contributed by atoms with Gasteiger partial charge in [0.05, 0.1) is 24.9 Å². The molecule has 0 saturated carbocycles. The zero-order chi connectivity index (χ0) is 15.5. The number of carbonyl (C=O) groups excluding carboxylic acids is 1. The van der Waals surface area contributed by atoms with Gasteiger partial charge < -0.3 is 15.2 Å². The highest BCUT2D eigenvalue weighted by Crippen LogP contribution is 2.20. The number of pyridine rings is 1. The van der Waals surface area contributed by atoms with Crippen molar-refractivity contribution in [3.05, 3.63) is 22.8 Å². The third kappa shape index (κ3) is 5.03. The number of morpholine rings is 1. The van der Waals surface area contributed by atoms with Gasteiger partial charge in [-0.3, -0.25) is 9.69 Å². The van der Waals surface area contributed by atoms with Gasteiger partial charge in [-0.05, 0) is 41.9 Å². The molecule has 1 amide bonds. The number of aliphatic hydroxyl groups is 1. The van der Waals surface area contributed by atoms with Gasteiger partial charge in [-0.15, -0.1) is 0 Å². The van der Waals surface area contributed by atoms with E-state index in [2.05, 4.69) is 26.2 Å². The van der Waals surface area contributed by atoms with Crippen LogP contribution in [0.1, 0.15) is 13.8 Å². The number of halogens is 1. The molecule has 1 fully saturated rings. The molecule has 1 atom stereocenters. The van der Waals surface area contributed by atoms with Crippen LogP contribution in [-0.2, 0) is 9.53 Å². The number of hydrogen-bond acceptors (Lipinski definition) is 5. The van der Waals surface area contributed by atoms with Crippen LogP contribution in [-0.4, -0.2) is 58.8 Å². The van der Waals surface area contributed by atoms with Crippen LogP contribution in [0.4, 0.5) is 5.82 Å². The molecule has 1 unspecified atom stereocenters. The number of ether oxygens (including phenoxy) is 1. The Labute approximate surface area is 132 Å². The van der Waals surface area contributed by atoms with Crippen LogP contribution >= 0.6 is 15.9 Å². The Morgan fingerprint density at radius 3 is 3.00 bits per heavy atom. The highest BCUT2D eigenvalue weighted by Gasteiger charge is 2.33. The molecule has 1 saturated heterocycles. The molecule has 2 rings (SSSR count). The van der Waals surface area contributed by atoms with Gasteiger partial charge >= 0.3 is 0 Å². The van der Waals surface area contributed by atoms with Gasteiger partial charge in [0.15, 0.2) is 0 Å². The van der Waals surface area contributed by atoms with E-state index in [1.54, 1.807) is 12.3 Å². The molecule has 21 heavy (non-hydrogen) atoms. The summed E-state index contributed by atoms with van der Waals surface area (Å²) in [7, 11) is 0. The highest BCUT2D eigenvalue weighted by atomic mass is 79.9. The van der Waals surface area contributed by atoms with Crippen molar-refractivity contribution in [2.24, 2.45) is 0 Å². The number of aliphatic hydroxyl groups excluding tert-OH is 1. The lowest BCUT2D eigenvalue weighted by Gasteiger charge is -2.41. The van der Waals surface area contributed by atoms with Crippen LogP contribution < -0.4 is 5.32 Å². The summed E-state index contributed by atoms with van der Waals surface area (Å²) in [4.78, 5) is 18.2. The van der Waals surface area contributed by atoms with E-state index in [0.717, 1.165) is 4.47 Å². The van der Waals surface area contributed by atoms with E-state index in [1.807, 2.05) is 24.8 Å². The van der Waals surface area contributed by atoms with E-state index in [0.29, 0.717) is 18.9 Å². The lowest BCUT2D eigenvalue weighted by Crippen LogP contribution is -2.55. The standard InChI is InChI=1S/C14H20BrN3O3/c1-14(2)9-18(6-11(8-19)21-14)7-13(20)17-12-4-3-10(15)5-16-12/h3-5,11,19H,6-9H2,1-2H3,(H,16,17,20). The van der Waals surface area contributed by atoms with Crippen LogP contribution in [0.15, 0.2) is 22.8 Å². The molecular weight excluding hydrogens is 338 g/mol. The van der Waals surface area contributed by atoms with Crippen molar-refractivity contribution in [3.8, 4) is 0 Å². The fraction of sp³-hybridized carbons (Fsp3) is 0.571. The first kappa shape index (κ1) is 16.4. The van der Waals surface area contributed by atoms with Crippen molar-refractivity contribution < 1.29 is 14.6 Å². The Balaban J connectivity index is 1.91. The minimum absolute atomic E-state index is 0.0458. The molecule has 0 aromatic carbocycles. The van der Waals surface area contributed by atoms with Gasteiger partial charge in [-0.25, -0.2) is 4.98 Å². The maximum atomic E-state index is 12.1. The van der Waals surface area contributed by atoms with Crippen LogP contribution in [0.3, 0.4) is 0 Å². The Morgan fingerprint density at radius 2 is 2.38 bits per heavy atom. The van der Waals surface area contributed by atoms with Crippen LogP contribution in [0.2, 0.25) is 0 Å². The number of anilines is 1. The summed E-state index contributed by atoms with van der Waals surface area (Å²) in [5.74, 6) is 0.397. The monoisotopic (exact) mass is 357 g/mol. The van der Waals surface area contributed by atoms with Gasteiger partial charge in [-0.1, -0.05) is 0 Å². The normalized spacial score (nSPS) is 22.0. The molecule has 0 bridgehead atoms. The van der Waals surface area contributed by atoms with Gasteiger partial charge in [0.1, 0.15) is 5.82 Å². The first-order chi connectivity index (χ1) is 9.88. The van der Waals surface area contributed by atoms with Crippen molar-refractivity contribution in [2.45, 2.75) is 25.6 Å². The fourth-order valence-corrected chi connectivity index (χ4v) is 2.70. The Hall–Kier alpha value is -1.02. The van der Waals surface area contributed by atoms with E-state index in [9.17, 15) is 9.90 Å². The van der Waals surface area contributed by atoms with E-state index in [-0.39, 0.29) is 30.8 Å². The van der Waals surface area contributed by atoms with Gasteiger partial charge in [-0.2, -0.15) is 0 Å². The molecule has 2 heterocycles. The van der Waals surface area contributed by atoms with Crippen LogP contribution in [0, 0.1) is 0 Å². The van der Waals surface area contributed by atoms with Crippen molar-refractivity contribution in [2.75, 3.05) is 31.6 Å². The van der Waals surface area contributed by atoms with Crippen molar-refractivity contribution in [3.63, 3.8) is 0 Å². The zero-order valence-corrected chi connectivity index (χ0v) is 13.8. The Kier molecular flexibility index (Phi) is 5.32. The number of rotatable bonds is 4. The molecular formula is C14H20BrN3O3. The van der Waals surface area contributed by atoms with Crippen LogP contribution in [0.25, 0.3) is 0 Å². The molecule has 0 radical (unpaired) electrons. The quantitative estimate of drug-likeness (QED) is 0.848. The molecule has 6 nitrogen and oxygen atoms in total. The summed E-state index contributed by atoms with van der Waals surface area (Å²) in [6, 6.07) is 3.56. The second-order valence-electron chi connectivity index (χ2n) is 5.76. The maximum Gasteiger partial charge on any atom is 0.239 e. The molecule has 1 aromatic rings.